The lowest BCUT2D eigenvalue weighted by atomic mass is 10.1. The second-order valence-electron chi connectivity index (χ2n) is 7.08. The number of aromatic nitrogens is 4. The van der Waals surface area contributed by atoms with Gasteiger partial charge in [0.15, 0.2) is 5.65 Å². The van der Waals surface area contributed by atoms with Gasteiger partial charge < -0.3 is 9.91 Å². The first-order chi connectivity index (χ1) is 13.6. The summed E-state index contributed by atoms with van der Waals surface area (Å²) in [5.74, 6) is 0. The van der Waals surface area contributed by atoms with Gasteiger partial charge in [0.2, 0.25) is 0 Å². The van der Waals surface area contributed by atoms with E-state index in [0.717, 1.165) is 42.8 Å². The van der Waals surface area contributed by atoms with Crippen LogP contribution in [-0.2, 0) is 0 Å². The van der Waals surface area contributed by atoms with Crippen LogP contribution in [0.5, 0.6) is 0 Å². The second-order valence-corrected chi connectivity index (χ2v) is 7.52. The van der Waals surface area contributed by atoms with Crippen molar-refractivity contribution in [3.63, 3.8) is 0 Å². The van der Waals surface area contributed by atoms with Gasteiger partial charge in [0.05, 0.1) is 17.1 Å². The molecule has 1 aromatic carbocycles. The van der Waals surface area contributed by atoms with Crippen molar-refractivity contribution in [3.05, 3.63) is 64.3 Å². The summed E-state index contributed by atoms with van der Waals surface area (Å²) >= 11 is 5.99. The Balaban J connectivity index is 1.62. The van der Waals surface area contributed by atoms with Crippen molar-refractivity contribution >= 4 is 28.2 Å². The van der Waals surface area contributed by atoms with Gasteiger partial charge in [-0.1, -0.05) is 23.7 Å². The number of halogens is 1. The number of pyridine rings is 1. The molecule has 0 saturated carbocycles. The molecule has 0 amide bonds. The molecule has 142 valence electrons. The monoisotopic (exact) mass is 394 g/mol. The van der Waals surface area contributed by atoms with Crippen LogP contribution in [0.4, 0.5) is 0 Å². The molecular formula is C20H19ClN6O. The Bertz CT molecular complexity index is 1220. The van der Waals surface area contributed by atoms with Crippen molar-refractivity contribution in [2.24, 2.45) is 0 Å². The first-order valence-electron chi connectivity index (χ1n) is 9.19. The van der Waals surface area contributed by atoms with Gasteiger partial charge in [-0.15, -0.1) is 0 Å². The smallest absolute Gasteiger partial charge is 0.280 e. The van der Waals surface area contributed by atoms with Gasteiger partial charge in [0, 0.05) is 49.2 Å². The van der Waals surface area contributed by atoms with Crippen molar-refractivity contribution in [2.75, 3.05) is 38.2 Å². The Labute approximate surface area is 166 Å². The van der Waals surface area contributed by atoms with Crippen LogP contribution in [0.2, 0.25) is 5.02 Å². The number of likely N-dealkylation sites (N-methyl/N-ethyl adjacent to an activating group) is 1. The molecule has 0 aliphatic carbocycles. The standard InChI is InChI=1S/C20H19ClN6O/c1-24-8-10-25(11-9-24)26-7-6-18-17(20(26)28)12-22-19-16(13-23-27(18)19)14-2-4-15(21)5-3-14/h2-7,12-13H,8-11H2,1H3. The number of piperazine rings is 1. The zero-order valence-electron chi connectivity index (χ0n) is 15.4. The molecule has 8 heteroatoms. The third-order valence-electron chi connectivity index (χ3n) is 5.32. The largest absolute Gasteiger partial charge is 0.308 e. The normalized spacial score (nSPS) is 15.6. The number of fused-ring (bicyclic) bond motifs is 3. The minimum absolute atomic E-state index is 0.0694. The summed E-state index contributed by atoms with van der Waals surface area (Å²) in [6.45, 7) is 3.51. The van der Waals surface area contributed by atoms with E-state index in [4.69, 9.17) is 11.6 Å². The summed E-state index contributed by atoms with van der Waals surface area (Å²) in [5, 5.41) is 7.81. The van der Waals surface area contributed by atoms with Crippen molar-refractivity contribution in [1.29, 1.82) is 0 Å². The molecule has 0 radical (unpaired) electrons. The molecule has 1 aliphatic rings. The van der Waals surface area contributed by atoms with E-state index in [0.29, 0.717) is 16.1 Å². The predicted octanol–water partition coefficient (Wildman–Crippen LogP) is 2.25. The van der Waals surface area contributed by atoms with E-state index in [-0.39, 0.29) is 5.56 Å². The molecule has 5 rings (SSSR count). The van der Waals surface area contributed by atoms with Gasteiger partial charge in [0.25, 0.3) is 5.56 Å². The van der Waals surface area contributed by atoms with E-state index in [1.54, 1.807) is 21.6 Å². The fourth-order valence-electron chi connectivity index (χ4n) is 3.67. The van der Waals surface area contributed by atoms with Crippen LogP contribution < -0.4 is 10.6 Å². The lowest BCUT2D eigenvalue weighted by Gasteiger charge is -2.34. The van der Waals surface area contributed by atoms with Gasteiger partial charge in [-0.3, -0.25) is 4.79 Å². The maximum atomic E-state index is 13.1. The van der Waals surface area contributed by atoms with Gasteiger partial charge in [-0.25, -0.2) is 14.2 Å². The van der Waals surface area contributed by atoms with Gasteiger partial charge in [-0.05, 0) is 30.8 Å². The average molecular weight is 395 g/mol. The molecule has 28 heavy (non-hydrogen) atoms. The highest BCUT2D eigenvalue weighted by molar-refractivity contribution is 6.30. The van der Waals surface area contributed by atoms with E-state index in [9.17, 15) is 4.79 Å². The summed E-state index contributed by atoms with van der Waals surface area (Å²) in [6.07, 6.45) is 5.26. The number of benzene rings is 1. The first kappa shape index (κ1) is 17.2. The highest BCUT2D eigenvalue weighted by Crippen LogP contribution is 2.26. The fraction of sp³-hybridized carbons (Fsp3) is 0.250. The zero-order chi connectivity index (χ0) is 19.3. The Kier molecular flexibility index (Phi) is 4.07. The highest BCUT2D eigenvalue weighted by atomic mass is 35.5. The molecule has 0 atom stereocenters. The molecule has 0 unspecified atom stereocenters. The van der Waals surface area contributed by atoms with Crippen LogP contribution in [0.15, 0.2) is 53.7 Å². The molecular weight excluding hydrogens is 376 g/mol. The Morgan fingerprint density at radius 2 is 1.75 bits per heavy atom. The van der Waals surface area contributed by atoms with Crippen LogP contribution in [0.25, 0.3) is 27.7 Å². The molecule has 3 aromatic heterocycles. The summed E-state index contributed by atoms with van der Waals surface area (Å²) < 4.78 is 3.43. The van der Waals surface area contributed by atoms with E-state index in [2.05, 4.69) is 27.0 Å². The van der Waals surface area contributed by atoms with Gasteiger partial charge in [0.1, 0.15) is 0 Å². The van der Waals surface area contributed by atoms with E-state index in [1.807, 2.05) is 36.5 Å². The first-order valence-corrected chi connectivity index (χ1v) is 9.57. The highest BCUT2D eigenvalue weighted by Gasteiger charge is 2.18. The van der Waals surface area contributed by atoms with E-state index >= 15 is 0 Å². The van der Waals surface area contributed by atoms with Crippen molar-refractivity contribution in [3.8, 4) is 11.1 Å². The fourth-order valence-corrected chi connectivity index (χ4v) is 3.80. The second kappa shape index (κ2) is 6.61. The lowest BCUT2D eigenvalue weighted by Crippen LogP contribution is -2.52. The summed E-state index contributed by atoms with van der Waals surface area (Å²) in [6, 6.07) is 9.50. The summed E-state index contributed by atoms with van der Waals surface area (Å²) in [5.41, 5.74) is 3.28. The van der Waals surface area contributed by atoms with Crippen molar-refractivity contribution in [2.45, 2.75) is 0 Å². The zero-order valence-corrected chi connectivity index (χ0v) is 16.2. The van der Waals surface area contributed by atoms with E-state index in [1.165, 1.54) is 0 Å². The lowest BCUT2D eigenvalue weighted by molar-refractivity contribution is 0.286. The van der Waals surface area contributed by atoms with Crippen LogP contribution in [-0.4, -0.2) is 57.4 Å². The molecule has 1 aliphatic heterocycles. The van der Waals surface area contributed by atoms with Crippen molar-refractivity contribution in [1.82, 2.24) is 24.2 Å². The number of hydrogen-bond acceptors (Lipinski definition) is 5. The average Bonchev–Trinajstić information content (AvgIpc) is 3.14. The number of rotatable bonds is 2. The topological polar surface area (TPSA) is 58.7 Å². The Morgan fingerprint density at radius 1 is 1.00 bits per heavy atom. The Morgan fingerprint density at radius 3 is 2.50 bits per heavy atom. The van der Waals surface area contributed by atoms with Crippen LogP contribution >= 0.6 is 11.6 Å². The molecule has 4 aromatic rings. The molecule has 4 heterocycles. The summed E-state index contributed by atoms with van der Waals surface area (Å²) in [4.78, 5) is 19.9. The molecule has 0 N–H and O–H groups in total. The molecule has 7 nitrogen and oxygen atoms in total. The predicted molar refractivity (Wildman–Crippen MR) is 111 cm³/mol. The molecule has 1 saturated heterocycles. The van der Waals surface area contributed by atoms with Crippen LogP contribution in [0, 0.1) is 0 Å². The molecule has 1 fully saturated rings. The number of hydrogen-bond donors (Lipinski definition) is 0. The third-order valence-corrected chi connectivity index (χ3v) is 5.57. The van der Waals surface area contributed by atoms with Crippen molar-refractivity contribution < 1.29 is 0 Å². The van der Waals surface area contributed by atoms with Gasteiger partial charge in [-0.2, -0.15) is 5.10 Å². The Hall–Kier alpha value is -2.90. The quantitative estimate of drug-likeness (QED) is 0.522. The van der Waals surface area contributed by atoms with E-state index < -0.39 is 0 Å². The maximum Gasteiger partial charge on any atom is 0.280 e. The third kappa shape index (κ3) is 2.75. The summed E-state index contributed by atoms with van der Waals surface area (Å²) in [7, 11) is 2.09. The van der Waals surface area contributed by atoms with Gasteiger partial charge >= 0.3 is 0 Å². The number of nitrogens with zero attached hydrogens (tertiary/aromatic N) is 6. The van der Waals surface area contributed by atoms with Crippen LogP contribution in [0.1, 0.15) is 0 Å². The molecule has 0 bridgehead atoms. The van der Waals surface area contributed by atoms with Crippen LogP contribution in [0.3, 0.4) is 0 Å². The minimum Gasteiger partial charge on any atom is -0.308 e. The minimum atomic E-state index is -0.0694. The SMILES string of the molecule is CN1CCN(n2ccc3c(cnc4c(-c5ccc(Cl)cc5)cnn43)c2=O)CC1. The maximum absolute atomic E-state index is 13.1. The molecule has 0 spiro atoms.